The Balaban J connectivity index is 2.03. The van der Waals surface area contributed by atoms with Crippen molar-refractivity contribution in [1.82, 2.24) is 10.3 Å². The van der Waals surface area contributed by atoms with Crippen LogP contribution in [-0.4, -0.2) is 29.4 Å². The monoisotopic (exact) mass is 311 g/mol. The lowest BCUT2D eigenvalue weighted by molar-refractivity contribution is -0.120. The molecule has 2 amide bonds. The van der Waals surface area contributed by atoms with E-state index in [0.717, 1.165) is 0 Å². The Morgan fingerprint density at radius 2 is 2.04 bits per heavy atom. The molecule has 6 nitrogen and oxygen atoms in total. The second kappa shape index (κ2) is 6.08. The molecule has 0 spiro atoms. The minimum absolute atomic E-state index is 0.00465. The maximum atomic E-state index is 12.8. The second-order valence-electron chi connectivity index (χ2n) is 5.54. The topological polar surface area (TPSA) is 71.5 Å². The third-order valence-corrected chi connectivity index (χ3v) is 3.36. The number of para-hydroxylation sites is 2. The molecule has 0 saturated carbocycles. The fourth-order valence-electron chi connectivity index (χ4n) is 2.43. The standard InChI is InChI=1S/C17H17N3O3/c1-11(2)19-15(21)10-20-13-7-3-4-8-14(13)23-16-12(17(20)22)6-5-9-18-16/h3-9,11H,10H2,1-2H3,(H,19,21). The Labute approximate surface area is 134 Å². The van der Waals surface area contributed by atoms with E-state index in [9.17, 15) is 9.59 Å². The van der Waals surface area contributed by atoms with Crippen molar-refractivity contribution in [2.24, 2.45) is 0 Å². The van der Waals surface area contributed by atoms with E-state index in [1.54, 1.807) is 36.5 Å². The summed E-state index contributed by atoms with van der Waals surface area (Å²) >= 11 is 0. The molecule has 118 valence electrons. The van der Waals surface area contributed by atoms with E-state index in [0.29, 0.717) is 17.0 Å². The molecule has 1 aromatic carbocycles. The van der Waals surface area contributed by atoms with Gasteiger partial charge in [0.2, 0.25) is 11.8 Å². The van der Waals surface area contributed by atoms with Gasteiger partial charge in [0.1, 0.15) is 12.1 Å². The largest absolute Gasteiger partial charge is 0.436 e. The Morgan fingerprint density at radius 1 is 1.26 bits per heavy atom. The van der Waals surface area contributed by atoms with E-state index in [1.807, 2.05) is 19.9 Å². The normalized spacial score (nSPS) is 13.0. The molecule has 1 aliphatic rings. The molecule has 0 aliphatic carbocycles. The number of rotatable bonds is 3. The number of carbonyl (C=O) groups excluding carboxylic acids is 2. The lowest BCUT2D eigenvalue weighted by atomic mass is 10.2. The molecule has 1 N–H and O–H groups in total. The van der Waals surface area contributed by atoms with Crippen molar-refractivity contribution in [3.63, 3.8) is 0 Å². The van der Waals surface area contributed by atoms with Gasteiger partial charge in [0.15, 0.2) is 5.75 Å². The van der Waals surface area contributed by atoms with Gasteiger partial charge in [-0.2, -0.15) is 0 Å². The predicted octanol–water partition coefficient (Wildman–Crippen LogP) is 2.36. The number of anilines is 1. The summed E-state index contributed by atoms with van der Waals surface area (Å²) in [5, 5.41) is 2.80. The van der Waals surface area contributed by atoms with Crippen LogP contribution in [-0.2, 0) is 4.79 Å². The summed E-state index contributed by atoms with van der Waals surface area (Å²) in [5.74, 6) is 0.208. The van der Waals surface area contributed by atoms with E-state index < -0.39 is 0 Å². The highest BCUT2D eigenvalue weighted by Gasteiger charge is 2.30. The molecular weight excluding hydrogens is 294 g/mol. The van der Waals surface area contributed by atoms with Gasteiger partial charge in [-0.1, -0.05) is 12.1 Å². The van der Waals surface area contributed by atoms with Crippen LogP contribution in [0.5, 0.6) is 11.6 Å². The van der Waals surface area contributed by atoms with Crippen LogP contribution in [0.15, 0.2) is 42.6 Å². The first-order valence-corrected chi connectivity index (χ1v) is 7.39. The van der Waals surface area contributed by atoms with Crippen molar-refractivity contribution in [3.8, 4) is 11.6 Å². The molecule has 6 heteroatoms. The van der Waals surface area contributed by atoms with E-state index in [4.69, 9.17) is 4.74 Å². The highest BCUT2D eigenvalue weighted by molar-refractivity contribution is 6.11. The van der Waals surface area contributed by atoms with Gasteiger partial charge in [-0.3, -0.25) is 14.5 Å². The summed E-state index contributed by atoms with van der Waals surface area (Å²) in [7, 11) is 0. The van der Waals surface area contributed by atoms with Gasteiger partial charge < -0.3 is 10.1 Å². The molecular formula is C17H17N3O3. The quantitative estimate of drug-likeness (QED) is 0.944. The Bertz CT molecular complexity index is 758. The van der Waals surface area contributed by atoms with E-state index >= 15 is 0 Å². The highest BCUT2D eigenvalue weighted by Crippen LogP contribution is 2.37. The summed E-state index contributed by atoms with van der Waals surface area (Å²) in [6.07, 6.45) is 1.57. The molecule has 3 rings (SSSR count). The fourth-order valence-corrected chi connectivity index (χ4v) is 2.43. The second-order valence-corrected chi connectivity index (χ2v) is 5.54. The molecule has 0 saturated heterocycles. The van der Waals surface area contributed by atoms with Crippen molar-refractivity contribution in [2.75, 3.05) is 11.4 Å². The summed E-state index contributed by atoms with van der Waals surface area (Å²) in [6.45, 7) is 3.67. The maximum Gasteiger partial charge on any atom is 0.264 e. The first-order chi connectivity index (χ1) is 11.1. The first kappa shape index (κ1) is 15.0. The maximum absolute atomic E-state index is 12.8. The first-order valence-electron chi connectivity index (χ1n) is 7.39. The number of hydrogen-bond acceptors (Lipinski definition) is 4. The van der Waals surface area contributed by atoms with Crippen LogP contribution in [0.4, 0.5) is 5.69 Å². The van der Waals surface area contributed by atoms with Crippen molar-refractivity contribution < 1.29 is 14.3 Å². The number of benzene rings is 1. The molecule has 0 radical (unpaired) electrons. The molecule has 23 heavy (non-hydrogen) atoms. The van der Waals surface area contributed by atoms with E-state index in [2.05, 4.69) is 10.3 Å². The number of pyridine rings is 1. The number of carbonyl (C=O) groups is 2. The summed E-state index contributed by atoms with van der Waals surface area (Å²) < 4.78 is 5.76. The van der Waals surface area contributed by atoms with Crippen LogP contribution in [0.1, 0.15) is 24.2 Å². The fraction of sp³-hybridized carbons (Fsp3) is 0.235. The molecule has 1 aromatic heterocycles. The summed E-state index contributed by atoms with van der Waals surface area (Å²) in [6, 6.07) is 10.4. The minimum atomic E-state index is -0.308. The van der Waals surface area contributed by atoms with Crippen molar-refractivity contribution in [2.45, 2.75) is 19.9 Å². The minimum Gasteiger partial charge on any atom is -0.436 e. The SMILES string of the molecule is CC(C)NC(=O)CN1C(=O)c2cccnc2Oc2ccccc21. The average Bonchev–Trinajstić information content (AvgIpc) is 2.63. The zero-order valence-corrected chi connectivity index (χ0v) is 12.9. The van der Waals surface area contributed by atoms with Crippen LogP contribution in [0.25, 0.3) is 0 Å². The Morgan fingerprint density at radius 3 is 2.83 bits per heavy atom. The lowest BCUT2D eigenvalue weighted by Crippen LogP contribution is -2.42. The van der Waals surface area contributed by atoms with Crippen LogP contribution in [0.2, 0.25) is 0 Å². The van der Waals surface area contributed by atoms with Gasteiger partial charge in [-0.15, -0.1) is 0 Å². The van der Waals surface area contributed by atoms with Gasteiger partial charge in [0.25, 0.3) is 5.91 Å². The van der Waals surface area contributed by atoms with Crippen LogP contribution >= 0.6 is 0 Å². The highest BCUT2D eigenvalue weighted by atomic mass is 16.5. The van der Waals surface area contributed by atoms with Gasteiger partial charge >= 0.3 is 0 Å². The van der Waals surface area contributed by atoms with E-state index in [-0.39, 0.29) is 30.3 Å². The Kier molecular flexibility index (Phi) is 3.97. The molecule has 2 heterocycles. The molecule has 0 unspecified atom stereocenters. The lowest BCUT2D eigenvalue weighted by Gasteiger charge is -2.22. The average molecular weight is 311 g/mol. The van der Waals surface area contributed by atoms with Crippen LogP contribution < -0.4 is 15.0 Å². The van der Waals surface area contributed by atoms with Crippen LogP contribution in [0.3, 0.4) is 0 Å². The van der Waals surface area contributed by atoms with E-state index in [1.165, 1.54) is 4.90 Å². The molecule has 0 bridgehead atoms. The number of hydrogen-bond donors (Lipinski definition) is 1. The number of nitrogens with one attached hydrogen (secondary N) is 1. The van der Waals surface area contributed by atoms with Gasteiger partial charge in [-0.25, -0.2) is 4.98 Å². The number of aromatic nitrogens is 1. The predicted molar refractivity (Wildman–Crippen MR) is 85.7 cm³/mol. The molecule has 0 atom stereocenters. The van der Waals surface area contributed by atoms with Gasteiger partial charge in [0.05, 0.1) is 5.69 Å². The van der Waals surface area contributed by atoms with Gasteiger partial charge in [-0.05, 0) is 38.1 Å². The van der Waals surface area contributed by atoms with Crippen molar-refractivity contribution in [3.05, 3.63) is 48.2 Å². The summed E-state index contributed by atoms with van der Waals surface area (Å²) in [5.41, 5.74) is 0.885. The number of nitrogens with zero attached hydrogens (tertiary/aromatic N) is 2. The smallest absolute Gasteiger partial charge is 0.264 e. The number of amides is 2. The number of fused-ring (bicyclic) bond motifs is 2. The zero-order valence-electron chi connectivity index (χ0n) is 12.9. The van der Waals surface area contributed by atoms with Crippen molar-refractivity contribution >= 4 is 17.5 Å². The van der Waals surface area contributed by atoms with Gasteiger partial charge in [0, 0.05) is 12.2 Å². The molecule has 1 aliphatic heterocycles. The third kappa shape index (κ3) is 3.01. The van der Waals surface area contributed by atoms with Crippen LogP contribution in [0, 0.1) is 0 Å². The van der Waals surface area contributed by atoms with Crippen molar-refractivity contribution in [1.29, 1.82) is 0 Å². The molecule has 2 aromatic rings. The Hall–Kier alpha value is -2.89. The zero-order chi connectivity index (χ0) is 16.4. The summed E-state index contributed by atoms with van der Waals surface area (Å²) in [4.78, 5) is 30.5. The molecule has 0 fully saturated rings. The third-order valence-electron chi connectivity index (χ3n) is 3.36. The number of ether oxygens (including phenoxy) is 1.